The van der Waals surface area contributed by atoms with Crippen molar-refractivity contribution in [3.8, 4) is 0 Å². The minimum absolute atomic E-state index is 0.654. The molecule has 2 aliphatic rings. The highest BCUT2D eigenvalue weighted by atomic mass is 32.2. The van der Waals surface area contributed by atoms with Crippen molar-refractivity contribution in [2.24, 2.45) is 5.92 Å². The van der Waals surface area contributed by atoms with E-state index in [1.165, 1.54) is 12.1 Å². The summed E-state index contributed by atoms with van der Waals surface area (Å²) < 4.78 is 0. The minimum atomic E-state index is 0.654. The number of thioether (sulfide) groups is 1. The van der Waals surface area contributed by atoms with Gasteiger partial charge in [-0.3, -0.25) is 0 Å². The highest BCUT2D eigenvalue weighted by Gasteiger charge is 2.30. The molecule has 1 aliphatic carbocycles. The van der Waals surface area contributed by atoms with Crippen LogP contribution in [0.3, 0.4) is 0 Å². The first-order valence-corrected chi connectivity index (χ1v) is 4.91. The summed E-state index contributed by atoms with van der Waals surface area (Å²) in [4.78, 5) is 0. The molecule has 1 radical (unpaired) electrons. The van der Waals surface area contributed by atoms with Gasteiger partial charge in [0.05, 0.1) is 0 Å². The summed E-state index contributed by atoms with van der Waals surface area (Å²) in [6.07, 6.45) is 5.81. The van der Waals surface area contributed by atoms with Crippen LogP contribution in [0.15, 0.2) is 23.3 Å². The van der Waals surface area contributed by atoms with E-state index < -0.39 is 0 Å². The number of allylic oxidation sites excluding steroid dienone is 2. The Morgan fingerprint density at radius 2 is 2.64 bits per heavy atom. The van der Waals surface area contributed by atoms with Gasteiger partial charge in [0, 0.05) is 23.4 Å². The molecule has 0 spiro atoms. The van der Waals surface area contributed by atoms with Crippen LogP contribution in [0.4, 0.5) is 0 Å². The molecule has 0 bridgehead atoms. The first-order chi connectivity index (χ1) is 5.42. The minimum Gasteiger partial charge on any atom is -0.387 e. The van der Waals surface area contributed by atoms with Gasteiger partial charge in [-0.2, -0.15) is 0 Å². The number of hydrogen-bond acceptors (Lipinski definition) is 2. The van der Waals surface area contributed by atoms with Crippen molar-refractivity contribution < 1.29 is 0 Å². The van der Waals surface area contributed by atoms with E-state index in [4.69, 9.17) is 0 Å². The van der Waals surface area contributed by atoms with Gasteiger partial charge in [-0.1, -0.05) is 12.2 Å². The molecular weight excluding hydrogens is 154 g/mol. The number of rotatable bonds is 2. The molecule has 1 nitrogen and oxygen atoms in total. The summed E-state index contributed by atoms with van der Waals surface area (Å²) in [5.74, 6) is 0.654. The zero-order valence-corrected chi connectivity index (χ0v) is 7.23. The smallest absolute Gasteiger partial charge is 0.0297 e. The van der Waals surface area contributed by atoms with Gasteiger partial charge in [0.25, 0.3) is 0 Å². The molecule has 0 saturated carbocycles. The molecule has 2 atom stereocenters. The second kappa shape index (κ2) is 2.94. The highest BCUT2D eigenvalue weighted by molar-refractivity contribution is 8.03. The van der Waals surface area contributed by atoms with Crippen LogP contribution < -0.4 is 5.32 Å². The fourth-order valence-corrected chi connectivity index (χ4v) is 2.81. The molecule has 2 heteroatoms. The van der Waals surface area contributed by atoms with Crippen molar-refractivity contribution in [2.45, 2.75) is 11.7 Å². The first kappa shape index (κ1) is 7.29. The quantitative estimate of drug-likeness (QED) is 0.629. The van der Waals surface area contributed by atoms with E-state index in [9.17, 15) is 0 Å². The van der Waals surface area contributed by atoms with E-state index in [0.29, 0.717) is 5.92 Å². The topological polar surface area (TPSA) is 12.0 Å². The Hall–Kier alpha value is -0.370. The maximum Gasteiger partial charge on any atom is 0.0297 e. The van der Waals surface area contributed by atoms with Crippen molar-refractivity contribution in [3.63, 3.8) is 0 Å². The fourth-order valence-electron chi connectivity index (χ4n) is 1.62. The van der Waals surface area contributed by atoms with E-state index in [-0.39, 0.29) is 0 Å². The van der Waals surface area contributed by atoms with Crippen LogP contribution >= 0.6 is 11.8 Å². The van der Waals surface area contributed by atoms with Gasteiger partial charge in [-0.05, 0) is 18.8 Å². The normalized spacial score (nSPS) is 33.7. The van der Waals surface area contributed by atoms with Crippen LogP contribution in [0.25, 0.3) is 0 Å². The molecular formula is C9H12NS. The van der Waals surface area contributed by atoms with Gasteiger partial charge in [-0.15, -0.1) is 11.8 Å². The van der Waals surface area contributed by atoms with Crippen LogP contribution in [0.5, 0.6) is 0 Å². The maximum absolute atomic E-state index is 3.78. The fraction of sp³-hybridized carbons (Fsp3) is 0.444. The van der Waals surface area contributed by atoms with Gasteiger partial charge in [0.2, 0.25) is 0 Å². The second-order valence-electron chi connectivity index (χ2n) is 2.86. The van der Waals surface area contributed by atoms with E-state index in [0.717, 1.165) is 11.8 Å². The summed E-state index contributed by atoms with van der Waals surface area (Å²) in [5.41, 5.74) is 1.36. The van der Waals surface area contributed by atoms with Gasteiger partial charge in [0.1, 0.15) is 0 Å². The molecule has 1 aliphatic heterocycles. The summed E-state index contributed by atoms with van der Waals surface area (Å²) in [6.45, 7) is 4.57. The molecule has 0 amide bonds. The SMILES string of the molecule is [CH2]CNC1=CSC2CC=CC12. The lowest BCUT2D eigenvalue weighted by molar-refractivity contribution is 0.691. The van der Waals surface area contributed by atoms with Crippen LogP contribution in [0, 0.1) is 12.8 Å². The Balaban J connectivity index is 2.05. The molecule has 0 aromatic carbocycles. The average Bonchev–Trinajstić information content (AvgIpc) is 2.53. The van der Waals surface area contributed by atoms with Crippen LogP contribution in [0.1, 0.15) is 6.42 Å². The van der Waals surface area contributed by atoms with Crippen molar-refractivity contribution in [1.29, 1.82) is 0 Å². The predicted molar refractivity (Wildman–Crippen MR) is 50.1 cm³/mol. The Labute approximate surface area is 71.9 Å². The molecule has 0 aromatic rings. The monoisotopic (exact) mass is 166 g/mol. The standard InChI is InChI=1S/C9H12NS/c1-2-10-8-6-11-9-5-3-4-7(8)9/h3-4,6-7,9-10H,1-2,5H2. The molecule has 59 valence electrons. The number of fused-ring (bicyclic) bond motifs is 1. The van der Waals surface area contributed by atoms with Crippen molar-refractivity contribution >= 4 is 11.8 Å². The Kier molecular flexibility index (Phi) is 1.95. The Morgan fingerprint density at radius 3 is 3.45 bits per heavy atom. The van der Waals surface area contributed by atoms with E-state index >= 15 is 0 Å². The first-order valence-electron chi connectivity index (χ1n) is 3.97. The predicted octanol–water partition coefficient (Wildman–Crippen LogP) is 1.94. The summed E-state index contributed by atoms with van der Waals surface area (Å²) in [6, 6.07) is 0. The van der Waals surface area contributed by atoms with E-state index in [1.54, 1.807) is 0 Å². The molecule has 1 N–H and O–H groups in total. The lowest BCUT2D eigenvalue weighted by Gasteiger charge is -2.12. The molecule has 0 fully saturated rings. The Morgan fingerprint density at radius 1 is 1.73 bits per heavy atom. The van der Waals surface area contributed by atoms with Crippen LogP contribution in [-0.4, -0.2) is 11.8 Å². The van der Waals surface area contributed by atoms with Crippen LogP contribution in [0.2, 0.25) is 0 Å². The molecule has 0 aromatic heterocycles. The summed E-state index contributed by atoms with van der Waals surface area (Å²) >= 11 is 1.95. The highest BCUT2D eigenvalue weighted by Crippen LogP contribution is 2.40. The second-order valence-corrected chi connectivity index (χ2v) is 3.98. The maximum atomic E-state index is 3.78. The van der Waals surface area contributed by atoms with Crippen molar-refractivity contribution in [1.82, 2.24) is 5.32 Å². The third-order valence-electron chi connectivity index (χ3n) is 2.17. The lowest BCUT2D eigenvalue weighted by Crippen LogP contribution is -2.19. The average molecular weight is 166 g/mol. The van der Waals surface area contributed by atoms with Gasteiger partial charge in [0.15, 0.2) is 0 Å². The van der Waals surface area contributed by atoms with Crippen molar-refractivity contribution in [2.75, 3.05) is 6.54 Å². The van der Waals surface area contributed by atoms with Crippen molar-refractivity contribution in [3.05, 3.63) is 30.2 Å². The van der Waals surface area contributed by atoms with Gasteiger partial charge in [-0.25, -0.2) is 0 Å². The summed E-state index contributed by atoms with van der Waals surface area (Å²) in [7, 11) is 0. The third kappa shape index (κ3) is 1.20. The largest absolute Gasteiger partial charge is 0.387 e. The number of nitrogens with one attached hydrogen (secondary N) is 1. The van der Waals surface area contributed by atoms with Crippen LogP contribution in [-0.2, 0) is 0 Å². The number of hydrogen-bond donors (Lipinski definition) is 1. The van der Waals surface area contributed by atoms with Gasteiger partial charge >= 0.3 is 0 Å². The lowest BCUT2D eigenvalue weighted by atomic mass is 10.1. The van der Waals surface area contributed by atoms with Gasteiger partial charge < -0.3 is 5.32 Å². The molecule has 11 heavy (non-hydrogen) atoms. The zero-order valence-electron chi connectivity index (χ0n) is 6.42. The molecule has 1 heterocycles. The van der Waals surface area contributed by atoms with E-state index in [1.807, 2.05) is 11.8 Å². The van der Waals surface area contributed by atoms with E-state index in [2.05, 4.69) is 29.8 Å². The zero-order chi connectivity index (χ0) is 7.68. The summed E-state index contributed by atoms with van der Waals surface area (Å²) in [5, 5.41) is 6.32. The molecule has 2 rings (SSSR count). The molecule has 2 unspecified atom stereocenters. The third-order valence-corrected chi connectivity index (χ3v) is 3.40. The molecule has 0 saturated heterocycles. The Bertz CT molecular complexity index is 208.